The molecular weight excluding hydrogens is 472 g/mol. The van der Waals surface area contributed by atoms with E-state index in [1.54, 1.807) is 6.92 Å². The van der Waals surface area contributed by atoms with Gasteiger partial charge in [-0.15, -0.1) is 23.1 Å². The van der Waals surface area contributed by atoms with Gasteiger partial charge in [-0.1, -0.05) is 0 Å². The Hall–Kier alpha value is -2.91. The number of hydrogen-bond acceptors (Lipinski definition) is 8. The van der Waals surface area contributed by atoms with E-state index < -0.39 is 16.8 Å². The van der Waals surface area contributed by atoms with Crippen LogP contribution in [0.3, 0.4) is 0 Å². The molecule has 0 amide bonds. The second-order valence-electron chi connectivity index (χ2n) is 8.60. The van der Waals surface area contributed by atoms with Gasteiger partial charge in [0.25, 0.3) is 5.56 Å². The van der Waals surface area contributed by atoms with Gasteiger partial charge in [-0.25, -0.2) is 9.78 Å². The summed E-state index contributed by atoms with van der Waals surface area (Å²) < 4.78 is 10.9. The summed E-state index contributed by atoms with van der Waals surface area (Å²) in [5.41, 5.74) is 4.00. The fourth-order valence-corrected chi connectivity index (χ4v) is 6.12. The Morgan fingerprint density at radius 1 is 1.24 bits per heavy atom. The molecule has 7 nitrogen and oxygen atoms in total. The van der Waals surface area contributed by atoms with E-state index in [2.05, 4.69) is 9.97 Å². The number of esters is 1. The van der Waals surface area contributed by atoms with Crippen LogP contribution in [0.5, 0.6) is 0 Å². The van der Waals surface area contributed by atoms with Crippen LogP contribution < -0.4 is 11.2 Å². The minimum Gasteiger partial charge on any atom is -0.460 e. The molecule has 0 aliphatic heterocycles. The number of carbonyl (C=O) groups is 1. The quantitative estimate of drug-likeness (QED) is 0.308. The number of benzene rings is 1. The van der Waals surface area contributed by atoms with Gasteiger partial charge in [-0.3, -0.25) is 9.59 Å². The lowest BCUT2D eigenvalue weighted by atomic mass is 10.0. The summed E-state index contributed by atoms with van der Waals surface area (Å²) in [7, 11) is 0. The Kier molecular flexibility index (Phi) is 6.07. The number of ether oxygens (including phenoxy) is 1. The van der Waals surface area contributed by atoms with Crippen molar-refractivity contribution in [3.8, 4) is 0 Å². The van der Waals surface area contributed by atoms with Gasteiger partial charge >= 0.3 is 11.6 Å². The molecule has 1 N–H and O–H groups in total. The van der Waals surface area contributed by atoms with Crippen molar-refractivity contribution in [3.05, 3.63) is 71.9 Å². The average molecular weight is 497 g/mol. The molecule has 176 valence electrons. The zero-order valence-electron chi connectivity index (χ0n) is 19.1. The van der Waals surface area contributed by atoms with E-state index in [0.29, 0.717) is 32.9 Å². The Balaban J connectivity index is 1.26. The lowest BCUT2D eigenvalue weighted by molar-refractivity contribution is -0.143. The normalized spacial score (nSPS) is 14.0. The zero-order chi connectivity index (χ0) is 24.0. The highest BCUT2D eigenvalue weighted by Gasteiger charge is 2.19. The number of thiophene rings is 1. The Morgan fingerprint density at radius 2 is 2.00 bits per heavy atom. The summed E-state index contributed by atoms with van der Waals surface area (Å²) in [6.45, 7) is 5.65. The molecule has 1 aliphatic rings. The number of carbonyl (C=O) groups excluding carboxylic acids is 1. The number of nitrogens with zero attached hydrogens (tertiary/aromatic N) is 1. The van der Waals surface area contributed by atoms with Gasteiger partial charge in [0.2, 0.25) is 0 Å². The van der Waals surface area contributed by atoms with Crippen LogP contribution in [0.15, 0.2) is 32.2 Å². The van der Waals surface area contributed by atoms with Crippen molar-refractivity contribution in [1.29, 1.82) is 0 Å². The molecule has 3 aromatic heterocycles. The molecule has 9 heteroatoms. The third-order valence-corrected chi connectivity index (χ3v) is 8.54. The number of rotatable bonds is 6. The number of H-pyrrole nitrogens is 1. The topological polar surface area (TPSA) is 102 Å². The van der Waals surface area contributed by atoms with E-state index in [1.807, 2.05) is 26.0 Å². The molecule has 0 bridgehead atoms. The van der Waals surface area contributed by atoms with Crippen LogP contribution in [0, 0.1) is 13.8 Å². The smallest absolute Gasteiger partial charge is 0.336 e. The maximum absolute atomic E-state index is 12.6. The van der Waals surface area contributed by atoms with Gasteiger partial charge in [0.15, 0.2) is 0 Å². The minimum absolute atomic E-state index is 0.000584. The number of aromatic nitrogens is 2. The van der Waals surface area contributed by atoms with Gasteiger partial charge in [-0.05, 0) is 68.9 Å². The minimum atomic E-state index is -0.469. The van der Waals surface area contributed by atoms with Crippen LogP contribution in [-0.4, -0.2) is 21.2 Å². The van der Waals surface area contributed by atoms with Crippen molar-refractivity contribution in [3.63, 3.8) is 0 Å². The molecule has 0 saturated carbocycles. The third-order valence-electron chi connectivity index (χ3n) is 6.30. The van der Waals surface area contributed by atoms with Crippen LogP contribution in [0.4, 0.5) is 0 Å². The number of fused-ring (bicyclic) bond motifs is 3. The Morgan fingerprint density at radius 3 is 2.79 bits per heavy atom. The lowest BCUT2D eigenvalue weighted by Gasteiger charge is -2.12. The summed E-state index contributed by atoms with van der Waals surface area (Å²) in [4.78, 5) is 46.3. The molecule has 0 unspecified atom stereocenters. The molecule has 1 atom stereocenters. The SMILES string of the molecule is Cc1sc2nc(CS[C@@H](C)C(=O)OCc3cc(=O)oc4cc5c(cc34)CCC5)[nH]c(=O)c2c1C. The van der Waals surface area contributed by atoms with E-state index in [1.165, 1.54) is 40.3 Å². The maximum atomic E-state index is 12.6. The molecule has 4 aromatic rings. The number of aromatic amines is 1. The standard InChI is InChI=1S/C25H24N2O5S2/c1-12-13(2)34-24-22(12)23(29)26-20(27-24)11-33-14(3)25(30)31-10-17-9-21(28)32-19-8-16-6-4-5-15(16)7-18(17)19/h7-9,14H,4-6,10-11H2,1-3H3,(H,26,27,29)/t14-/m0/s1. The monoisotopic (exact) mass is 496 g/mol. The fraction of sp³-hybridized carbons (Fsp3) is 0.360. The van der Waals surface area contributed by atoms with Crippen LogP contribution in [0.1, 0.15) is 46.3 Å². The van der Waals surface area contributed by atoms with E-state index >= 15 is 0 Å². The van der Waals surface area contributed by atoms with Crippen molar-refractivity contribution in [1.82, 2.24) is 9.97 Å². The zero-order valence-corrected chi connectivity index (χ0v) is 20.8. The molecule has 0 saturated heterocycles. The van der Waals surface area contributed by atoms with E-state index in [-0.39, 0.29) is 12.2 Å². The highest BCUT2D eigenvalue weighted by molar-refractivity contribution is 7.99. The predicted octanol–water partition coefficient (Wildman–Crippen LogP) is 4.56. The lowest BCUT2D eigenvalue weighted by Crippen LogP contribution is -2.18. The fourth-order valence-electron chi connectivity index (χ4n) is 4.32. The van der Waals surface area contributed by atoms with Crippen molar-refractivity contribution in [2.45, 2.75) is 57.6 Å². The van der Waals surface area contributed by atoms with E-state index in [4.69, 9.17) is 9.15 Å². The highest BCUT2D eigenvalue weighted by atomic mass is 32.2. The molecule has 0 radical (unpaired) electrons. The Bertz CT molecular complexity index is 1550. The molecule has 1 aliphatic carbocycles. The second kappa shape index (κ2) is 9.03. The first-order valence-electron chi connectivity index (χ1n) is 11.2. The van der Waals surface area contributed by atoms with Gasteiger partial charge in [0, 0.05) is 21.9 Å². The summed E-state index contributed by atoms with van der Waals surface area (Å²) >= 11 is 2.84. The van der Waals surface area contributed by atoms with Gasteiger partial charge < -0.3 is 14.1 Å². The van der Waals surface area contributed by atoms with Gasteiger partial charge in [0.05, 0.1) is 11.1 Å². The molecular formula is C25H24N2O5S2. The molecule has 34 heavy (non-hydrogen) atoms. The maximum Gasteiger partial charge on any atom is 0.336 e. The van der Waals surface area contributed by atoms with Crippen molar-refractivity contribution in [2.75, 3.05) is 0 Å². The summed E-state index contributed by atoms with van der Waals surface area (Å²) in [5, 5.41) is 0.974. The van der Waals surface area contributed by atoms with Crippen LogP contribution in [0.2, 0.25) is 0 Å². The molecule has 1 aromatic carbocycles. The van der Waals surface area contributed by atoms with Crippen molar-refractivity contribution in [2.24, 2.45) is 0 Å². The van der Waals surface area contributed by atoms with Crippen LogP contribution in [0.25, 0.3) is 21.2 Å². The molecule has 5 rings (SSSR count). The number of nitrogens with one attached hydrogen (secondary N) is 1. The summed E-state index contributed by atoms with van der Waals surface area (Å²) in [5.74, 6) is 0.518. The molecule has 0 spiro atoms. The Labute approximate surface area is 203 Å². The second-order valence-corrected chi connectivity index (χ2v) is 11.1. The largest absolute Gasteiger partial charge is 0.460 e. The highest BCUT2D eigenvalue weighted by Crippen LogP contribution is 2.29. The number of thioether (sulfide) groups is 1. The number of hydrogen-bond donors (Lipinski definition) is 1. The molecule has 3 heterocycles. The number of aryl methyl sites for hydroxylation is 4. The third kappa shape index (κ3) is 4.30. The summed E-state index contributed by atoms with van der Waals surface area (Å²) in [6, 6.07) is 5.38. The van der Waals surface area contributed by atoms with Crippen molar-refractivity contribution >= 4 is 50.3 Å². The molecule has 0 fully saturated rings. The first-order chi connectivity index (χ1) is 16.3. The van der Waals surface area contributed by atoms with Crippen LogP contribution in [-0.2, 0) is 34.7 Å². The predicted molar refractivity (Wildman–Crippen MR) is 135 cm³/mol. The van der Waals surface area contributed by atoms with Gasteiger partial charge in [0.1, 0.15) is 28.1 Å². The van der Waals surface area contributed by atoms with E-state index in [0.717, 1.165) is 35.1 Å². The van der Waals surface area contributed by atoms with Crippen molar-refractivity contribution < 1.29 is 13.9 Å². The summed E-state index contributed by atoms with van der Waals surface area (Å²) in [6.07, 6.45) is 3.08. The first kappa shape index (κ1) is 22.9. The average Bonchev–Trinajstić information content (AvgIpc) is 3.37. The van der Waals surface area contributed by atoms with Gasteiger partial charge in [-0.2, -0.15) is 0 Å². The van der Waals surface area contributed by atoms with E-state index in [9.17, 15) is 14.4 Å². The first-order valence-corrected chi connectivity index (χ1v) is 13.0. The van der Waals surface area contributed by atoms with Crippen LogP contribution >= 0.6 is 23.1 Å².